The SMILES string of the molecule is CC(C)(C)[C]1[CH][C](C(C)(C)C)[C](C(C)(C)C)[CH]1.CCCCc1ccc([C]2[C](c3ccc(CCCC)cc3)[C](c3ccc(CCCC)cc3)[C](c3ccc(CCCC)cc3)[C]2c2ccc(CCCC)cc2)cc1.CCCCc1ccc([C]2[C](c3ccc(CCCC)cc3)[C](c3ccc(CCCC)cc3)[C](c3ccc(CCCC)cc3)[C]2c2ccc(CCCC)cc2)cc1.[C-]#[O+].[C-]#[O+].[C-]#[O+].[C-]#[O+].[Co].[Mn].[Mn].[P]1[P][P][P]1. The van der Waals surface area contributed by atoms with Crippen LogP contribution in [0.4, 0.5) is 0 Å². The third-order valence-corrected chi connectivity index (χ3v) is 39.4. The molecule has 142 heavy (non-hydrogen) atoms. The van der Waals surface area contributed by atoms with Crippen LogP contribution in [0.2, 0.25) is 0 Å². The predicted molar refractivity (Wildman–Crippen MR) is 594 cm³/mol. The quantitative estimate of drug-likeness (QED) is 0.0159. The second-order valence-electron chi connectivity index (χ2n) is 40.4. The third kappa shape index (κ3) is 38.8. The Morgan fingerprint density at radius 1 is 0.176 bits per heavy atom. The Hall–Kier alpha value is -5.57. The maximum absolute atomic E-state index is 7.50. The second-order valence-corrected chi connectivity index (χ2v) is 49.7. The van der Waals surface area contributed by atoms with Gasteiger partial charge in [0.1, 0.15) is 0 Å². The van der Waals surface area contributed by atoms with Crippen molar-refractivity contribution in [2.75, 3.05) is 0 Å². The molecule has 1 saturated heterocycles. The van der Waals surface area contributed by atoms with Crippen LogP contribution >= 0.6 is 31.8 Å². The summed E-state index contributed by atoms with van der Waals surface area (Å²) in [5.74, 6) is 18.0. The summed E-state index contributed by atoms with van der Waals surface area (Å²) in [6.07, 6.45) is 40.4. The molecule has 3 saturated carbocycles. The molecule has 0 aromatic heterocycles. The van der Waals surface area contributed by atoms with Gasteiger partial charge in [-0.05, 0) is 287 Å². The summed E-state index contributed by atoms with van der Waals surface area (Å²) >= 11 is 0. The summed E-state index contributed by atoms with van der Waals surface area (Å²) in [7, 11) is 6.44. The van der Waals surface area contributed by atoms with E-state index in [2.05, 4.69) is 414 Å². The molecule has 3 aliphatic carbocycles. The largest absolute Gasteiger partial charge is 0 e. The van der Waals surface area contributed by atoms with Crippen molar-refractivity contribution in [1.82, 2.24) is 0 Å². The van der Waals surface area contributed by atoms with Crippen LogP contribution in [-0.4, -0.2) is 0 Å². The van der Waals surface area contributed by atoms with E-state index in [1.165, 1.54) is 317 Å². The molecule has 4 aliphatic rings. The van der Waals surface area contributed by atoms with Crippen molar-refractivity contribution in [3.8, 4) is 0 Å². The molecule has 10 aromatic rings. The maximum atomic E-state index is 7.50. The van der Waals surface area contributed by atoms with Crippen LogP contribution in [0.1, 0.15) is 371 Å². The normalized spacial score (nSPS) is 15.4. The Morgan fingerprint density at radius 3 is 0.345 bits per heavy atom. The molecule has 0 N–H and O–H groups in total. The molecule has 4 fully saturated rings. The number of benzene rings is 10. The average Bonchev–Trinajstić information content (AvgIpc) is 1.57. The fraction of sp³-hybridized carbons (Fsp3) is 0.397. The van der Waals surface area contributed by atoms with Crippen molar-refractivity contribution in [2.45, 2.75) is 324 Å². The van der Waals surface area contributed by atoms with Crippen LogP contribution in [0, 0.1) is 133 Å². The van der Waals surface area contributed by atoms with Crippen LogP contribution in [0.15, 0.2) is 243 Å². The van der Waals surface area contributed by atoms with Gasteiger partial charge in [-0.1, -0.05) is 438 Å². The minimum Gasteiger partial charge on any atom is 0 e. The smallest absolute Gasteiger partial charge is 0 e. The minimum absolute atomic E-state index is 0. The zero-order valence-electron chi connectivity index (χ0n) is 89.0. The zero-order valence-corrected chi connectivity index (χ0v) is 96.0. The molecule has 11 heteroatoms. The zero-order chi connectivity index (χ0) is 101. The Morgan fingerprint density at radius 2 is 0.275 bits per heavy atom. The predicted octanol–water partition coefficient (Wildman–Crippen LogP) is 38.2. The van der Waals surface area contributed by atoms with Crippen LogP contribution in [0.3, 0.4) is 0 Å². The van der Waals surface area contributed by atoms with Crippen molar-refractivity contribution < 1.29 is 69.5 Å². The van der Waals surface area contributed by atoms with Crippen LogP contribution in [0.25, 0.3) is 0 Å². The molecule has 10 aromatic carbocycles. The van der Waals surface area contributed by atoms with Gasteiger partial charge in [-0.2, -0.15) is 0 Å². The van der Waals surface area contributed by atoms with Gasteiger partial charge in [-0.3, -0.25) is 0 Å². The molecule has 22 radical (unpaired) electrons. The van der Waals surface area contributed by atoms with E-state index in [1.807, 2.05) is 0 Å². The van der Waals surface area contributed by atoms with Gasteiger partial charge in [-0.25, -0.2) is 0 Å². The van der Waals surface area contributed by atoms with Gasteiger partial charge in [0.15, 0.2) is 0 Å². The van der Waals surface area contributed by atoms with E-state index in [0.717, 1.165) is 64.2 Å². The van der Waals surface area contributed by atoms with Gasteiger partial charge in [0.25, 0.3) is 0 Å². The van der Waals surface area contributed by atoms with E-state index in [-0.39, 0.29) is 67.2 Å². The summed E-state index contributed by atoms with van der Waals surface area (Å²) in [4.78, 5) is 0. The number of rotatable bonds is 40. The maximum Gasteiger partial charge on any atom is 0 e. The number of hydrogen-bond donors (Lipinski definition) is 0. The molecule has 0 unspecified atom stereocenters. The summed E-state index contributed by atoms with van der Waals surface area (Å²) in [5, 5.41) is 0. The van der Waals surface area contributed by atoms with Gasteiger partial charge >= 0.3 is 45.2 Å². The molecule has 14 rings (SSSR count). The Balaban J connectivity index is 0.000000456. The van der Waals surface area contributed by atoms with Gasteiger partial charge in [0.2, 0.25) is 0 Å². The summed E-state index contributed by atoms with van der Waals surface area (Å²) in [5.41, 5.74) is 27.9. The standard InChI is InChI=1S/2C55H65.C17H29.4CO.Co.2Mn.P4/c2*1-6-11-16-41-21-31-46(32-22-41)51-52(47-33-23-42(24-34-47)17-12-7-2)54(49-37-27-44(28-38-49)19-14-9-4)55(50-39-29-45(30-40-50)20-15-10-5)53(51)48-35-25-43(26-36-48)18-13-8-3;1-15(2,3)12-10-13(16(4,5)6)14(11-12)17(7,8)9;4*1-2;;;;1-2-4-3-1/h2*21-40H,6-20H2,1-5H3;10-11H,1-9H3;;;;;;;;. The van der Waals surface area contributed by atoms with E-state index < -0.39 is 0 Å². The molecule has 0 bridgehead atoms. The van der Waals surface area contributed by atoms with E-state index in [9.17, 15) is 0 Å². The summed E-state index contributed by atoms with van der Waals surface area (Å²) in [6, 6.07) is 95.9. The van der Waals surface area contributed by atoms with E-state index in [1.54, 1.807) is 31.8 Å². The molecule has 4 nitrogen and oxygen atoms in total. The fourth-order valence-corrected chi connectivity index (χ4v) is 21.7. The monoisotopic (exact) mass is 2090 g/mol. The third-order valence-electron chi connectivity index (χ3n) is 26.6. The molecular formula is C131H159CoMn2O4P4. The van der Waals surface area contributed by atoms with Crippen molar-refractivity contribution in [3.63, 3.8) is 0 Å². The molecular weight excluding hydrogens is 1930 g/mol. The average molecular weight is 2090 g/mol. The molecule has 1 aliphatic heterocycles. The first-order valence-electron chi connectivity index (χ1n) is 52.1. The summed E-state index contributed by atoms with van der Waals surface area (Å²) < 4.78 is 30.0. The van der Waals surface area contributed by atoms with Gasteiger partial charge < -0.3 is 0 Å². The number of unbranched alkanes of at least 4 members (excludes halogenated alkanes) is 10. The fourth-order valence-electron chi connectivity index (χ4n) is 18.5. The van der Waals surface area contributed by atoms with Gasteiger partial charge in [0.05, 0.1) is 0 Å². The van der Waals surface area contributed by atoms with Crippen molar-refractivity contribution in [3.05, 3.63) is 470 Å². The minimum atomic E-state index is 0. The van der Waals surface area contributed by atoms with Gasteiger partial charge in [0, 0.05) is 142 Å². The first-order valence-corrected chi connectivity index (χ1v) is 58.5. The molecule has 0 spiro atoms. The van der Waals surface area contributed by atoms with Crippen molar-refractivity contribution >= 4 is 31.8 Å². The topological polar surface area (TPSA) is 79.6 Å². The molecule has 1 heterocycles. The molecule has 0 amide bonds. The van der Waals surface area contributed by atoms with Crippen LogP contribution in [-0.2, 0) is 134 Å². The number of hydrogen-bond acceptors (Lipinski definition) is 0. The summed E-state index contributed by atoms with van der Waals surface area (Å²) in [6.45, 7) is 61.6. The first kappa shape index (κ1) is 129. The van der Waals surface area contributed by atoms with Crippen molar-refractivity contribution in [1.29, 1.82) is 0 Å². The Bertz CT molecular complexity index is 4070. The van der Waals surface area contributed by atoms with E-state index >= 15 is 0 Å². The van der Waals surface area contributed by atoms with Crippen LogP contribution < -0.4 is 0 Å². The molecule has 0 atom stereocenters. The second kappa shape index (κ2) is 69.7. The van der Waals surface area contributed by atoms with Crippen molar-refractivity contribution in [2.24, 2.45) is 16.2 Å². The van der Waals surface area contributed by atoms with E-state index in [0.29, 0.717) is 0 Å². The first-order chi connectivity index (χ1) is 67.5. The number of aryl methyl sites for hydroxylation is 10. The Kier molecular flexibility index (Phi) is 63.1. The van der Waals surface area contributed by atoms with Crippen LogP contribution in [0.5, 0.6) is 0 Å². The van der Waals surface area contributed by atoms with E-state index in [4.69, 9.17) is 18.6 Å². The Labute approximate surface area is 904 Å². The molecule has 750 valence electrons. The van der Waals surface area contributed by atoms with Gasteiger partial charge in [-0.15, -0.1) is 0 Å².